The van der Waals surface area contributed by atoms with E-state index >= 15 is 0 Å². The van der Waals surface area contributed by atoms with Gasteiger partial charge in [-0.2, -0.15) is 0 Å². The minimum atomic E-state index is 0.274. The highest BCUT2D eigenvalue weighted by molar-refractivity contribution is 5.79. The van der Waals surface area contributed by atoms with Crippen LogP contribution < -0.4 is 5.32 Å². The molecule has 2 fully saturated rings. The summed E-state index contributed by atoms with van der Waals surface area (Å²) in [5.41, 5.74) is 0. The van der Waals surface area contributed by atoms with E-state index in [9.17, 15) is 4.79 Å². The van der Waals surface area contributed by atoms with Crippen LogP contribution >= 0.6 is 0 Å². The summed E-state index contributed by atoms with van der Waals surface area (Å²) in [4.78, 5) is 14.2. The van der Waals surface area contributed by atoms with Gasteiger partial charge >= 0.3 is 0 Å². The Labute approximate surface area is 98.6 Å². The number of hydrogen-bond donors (Lipinski definition) is 1. The largest absolute Gasteiger partial charge is 0.342 e. The second-order valence-electron chi connectivity index (χ2n) is 5.28. The lowest BCUT2D eigenvalue weighted by molar-refractivity contribution is -0.136. The Kier molecular flexibility index (Phi) is 3.85. The van der Waals surface area contributed by atoms with E-state index in [2.05, 4.69) is 24.1 Å². The van der Waals surface area contributed by atoms with Crippen molar-refractivity contribution in [1.82, 2.24) is 10.2 Å². The Hall–Kier alpha value is -0.570. The maximum atomic E-state index is 12.1. The van der Waals surface area contributed by atoms with E-state index in [1.54, 1.807) is 0 Å². The predicted molar refractivity (Wildman–Crippen MR) is 65.2 cm³/mol. The van der Waals surface area contributed by atoms with Gasteiger partial charge in [0.25, 0.3) is 0 Å². The maximum Gasteiger partial charge on any atom is 0.225 e. The van der Waals surface area contributed by atoms with Gasteiger partial charge in [0, 0.05) is 25.0 Å². The summed E-state index contributed by atoms with van der Waals surface area (Å²) < 4.78 is 0. The summed E-state index contributed by atoms with van der Waals surface area (Å²) in [7, 11) is 0. The fourth-order valence-electron chi connectivity index (χ4n) is 2.68. The van der Waals surface area contributed by atoms with E-state index in [-0.39, 0.29) is 5.92 Å². The average Bonchev–Trinajstić information content (AvgIpc) is 3.12. The molecular formula is C13H24N2O. The Bertz CT molecular complexity index is 242. The molecule has 1 saturated carbocycles. The van der Waals surface area contributed by atoms with Crippen molar-refractivity contribution in [2.75, 3.05) is 19.6 Å². The normalized spacial score (nSPS) is 24.5. The molecule has 0 aromatic heterocycles. The third-order valence-electron chi connectivity index (χ3n) is 4.02. The fourth-order valence-corrected chi connectivity index (χ4v) is 2.68. The number of nitrogens with zero attached hydrogens (tertiary/aromatic N) is 1. The molecule has 0 aromatic carbocycles. The summed E-state index contributed by atoms with van der Waals surface area (Å²) in [5, 5.41) is 3.47. The van der Waals surface area contributed by atoms with E-state index in [4.69, 9.17) is 0 Å². The predicted octanol–water partition coefficient (Wildman–Crippen LogP) is 1.63. The fraction of sp³-hybridized carbons (Fsp3) is 0.923. The zero-order valence-electron chi connectivity index (χ0n) is 10.5. The average molecular weight is 224 g/mol. The van der Waals surface area contributed by atoms with E-state index in [1.165, 1.54) is 12.8 Å². The molecule has 2 rings (SSSR count). The molecule has 0 spiro atoms. The summed E-state index contributed by atoms with van der Waals surface area (Å²) >= 11 is 0. The number of piperidine rings is 1. The molecule has 2 aliphatic rings. The van der Waals surface area contributed by atoms with Crippen LogP contribution in [0.5, 0.6) is 0 Å². The Morgan fingerprint density at radius 2 is 1.94 bits per heavy atom. The Morgan fingerprint density at radius 1 is 1.31 bits per heavy atom. The molecule has 1 saturated heterocycles. The lowest BCUT2D eigenvalue weighted by Crippen LogP contribution is -2.46. The van der Waals surface area contributed by atoms with Crippen molar-refractivity contribution < 1.29 is 4.79 Å². The van der Waals surface area contributed by atoms with Gasteiger partial charge in [-0.05, 0) is 38.1 Å². The van der Waals surface area contributed by atoms with E-state index in [1.807, 2.05) is 0 Å². The first-order valence-electron chi connectivity index (χ1n) is 6.74. The second kappa shape index (κ2) is 5.17. The first kappa shape index (κ1) is 11.9. The lowest BCUT2D eigenvalue weighted by Gasteiger charge is -2.34. The molecule has 92 valence electrons. The molecule has 0 radical (unpaired) electrons. The van der Waals surface area contributed by atoms with Crippen molar-refractivity contribution in [3.05, 3.63) is 0 Å². The standard InChI is InChI=1S/C13H24N2O/c1-3-14-12-6-8-15(9-7-12)13(16)10(2)11-4-5-11/h10-12,14H,3-9H2,1-2H3. The maximum absolute atomic E-state index is 12.1. The van der Waals surface area contributed by atoms with Crippen LogP contribution in [0, 0.1) is 11.8 Å². The van der Waals surface area contributed by atoms with Crippen LogP contribution in [0.4, 0.5) is 0 Å². The van der Waals surface area contributed by atoms with Gasteiger partial charge in [-0.1, -0.05) is 13.8 Å². The van der Waals surface area contributed by atoms with Crippen molar-refractivity contribution in [3.63, 3.8) is 0 Å². The van der Waals surface area contributed by atoms with Crippen molar-refractivity contribution >= 4 is 5.91 Å². The Morgan fingerprint density at radius 3 is 2.44 bits per heavy atom. The van der Waals surface area contributed by atoms with Gasteiger partial charge in [0.1, 0.15) is 0 Å². The summed E-state index contributed by atoms with van der Waals surface area (Å²) in [6.07, 6.45) is 4.77. The highest BCUT2D eigenvalue weighted by atomic mass is 16.2. The molecule has 0 aromatic rings. The SMILES string of the molecule is CCNC1CCN(C(=O)C(C)C2CC2)CC1. The van der Waals surface area contributed by atoms with Gasteiger partial charge in [0.15, 0.2) is 0 Å². The van der Waals surface area contributed by atoms with Crippen LogP contribution in [-0.4, -0.2) is 36.5 Å². The van der Waals surface area contributed by atoms with Gasteiger partial charge in [-0.15, -0.1) is 0 Å². The highest BCUT2D eigenvalue weighted by Crippen LogP contribution is 2.37. The summed E-state index contributed by atoms with van der Waals surface area (Å²) in [5.74, 6) is 1.37. The number of rotatable bonds is 4. The molecule has 16 heavy (non-hydrogen) atoms. The molecular weight excluding hydrogens is 200 g/mol. The minimum absolute atomic E-state index is 0.274. The molecule has 1 N–H and O–H groups in total. The summed E-state index contributed by atoms with van der Waals surface area (Å²) in [6, 6.07) is 0.630. The highest BCUT2D eigenvalue weighted by Gasteiger charge is 2.35. The smallest absolute Gasteiger partial charge is 0.225 e. The third-order valence-corrected chi connectivity index (χ3v) is 4.02. The zero-order chi connectivity index (χ0) is 11.5. The monoisotopic (exact) mass is 224 g/mol. The quantitative estimate of drug-likeness (QED) is 0.787. The van der Waals surface area contributed by atoms with E-state index < -0.39 is 0 Å². The van der Waals surface area contributed by atoms with Gasteiger partial charge in [0.05, 0.1) is 0 Å². The van der Waals surface area contributed by atoms with Gasteiger partial charge in [0.2, 0.25) is 5.91 Å². The second-order valence-corrected chi connectivity index (χ2v) is 5.28. The van der Waals surface area contributed by atoms with Crippen LogP contribution in [0.15, 0.2) is 0 Å². The number of nitrogens with one attached hydrogen (secondary N) is 1. The number of likely N-dealkylation sites (tertiary alicyclic amines) is 1. The van der Waals surface area contributed by atoms with Crippen molar-refractivity contribution in [1.29, 1.82) is 0 Å². The minimum Gasteiger partial charge on any atom is -0.342 e. The van der Waals surface area contributed by atoms with Crippen LogP contribution in [0.1, 0.15) is 39.5 Å². The number of carbonyl (C=O) groups excluding carboxylic acids is 1. The first-order chi connectivity index (χ1) is 7.72. The van der Waals surface area contributed by atoms with Crippen molar-refractivity contribution in [2.24, 2.45) is 11.8 Å². The lowest BCUT2D eigenvalue weighted by atomic mass is 10.0. The topological polar surface area (TPSA) is 32.3 Å². The Balaban J connectivity index is 1.77. The number of carbonyl (C=O) groups is 1. The number of hydrogen-bond acceptors (Lipinski definition) is 2. The van der Waals surface area contributed by atoms with Gasteiger partial charge in [-0.25, -0.2) is 0 Å². The van der Waals surface area contributed by atoms with Crippen LogP contribution in [0.2, 0.25) is 0 Å². The molecule has 1 aliphatic carbocycles. The van der Waals surface area contributed by atoms with Crippen molar-refractivity contribution in [2.45, 2.75) is 45.6 Å². The summed E-state index contributed by atoms with van der Waals surface area (Å²) in [6.45, 7) is 7.20. The molecule has 1 heterocycles. The molecule has 1 unspecified atom stereocenters. The van der Waals surface area contributed by atoms with Crippen LogP contribution in [0.3, 0.4) is 0 Å². The zero-order valence-corrected chi connectivity index (χ0v) is 10.5. The van der Waals surface area contributed by atoms with Gasteiger partial charge < -0.3 is 10.2 Å². The molecule has 3 nitrogen and oxygen atoms in total. The molecule has 1 aliphatic heterocycles. The van der Waals surface area contributed by atoms with Crippen molar-refractivity contribution in [3.8, 4) is 0 Å². The van der Waals surface area contributed by atoms with Gasteiger partial charge in [-0.3, -0.25) is 4.79 Å². The molecule has 3 heteroatoms. The van der Waals surface area contributed by atoms with E-state index in [0.29, 0.717) is 17.9 Å². The molecule has 0 bridgehead atoms. The first-order valence-corrected chi connectivity index (χ1v) is 6.74. The third kappa shape index (κ3) is 2.76. The number of amides is 1. The molecule has 1 atom stereocenters. The van der Waals surface area contributed by atoms with E-state index in [0.717, 1.165) is 32.5 Å². The van der Waals surface area contributed by atoms with Crippen LogP contribution in [-0.2, 0) is 4.79 Å². The molecule has 1 amide bonds. The van der Waals surface area contributed by atoms with Crippen LogP contribution in [0.25, 0.3) is 0 Å².